The number of ether oxygens (including phenoxy) is 2. The number of nitrogens with zero attached hydrogens (tertiary/aromatic N) is 2. The summed E-state index contributed by atoms with van der Waals surface area (Å²) in [6.07, 6.45) is 1.91. The van der Waals surface area contributed by atoms with E-state index in [9.17, 15) is 8.78 Å². The number of benzene rings is 2. The van der Waals surface area contributed by atoms with Crippen molar-refractivity contribution >= 4 is 5.96 Å². The van der Waals surface area contributed by atoms with Gasteiger partial charge in [-0.25, -0.2) is 0 Å². The third-order valence-corrected chi connectivity index (χ3v) is 5.56. The highest BCUT2D eigenvalue weighted by Crippen LogP contribution is 2.34. The summed E-state index contributed by atoms with van der Waals surface area (Å²) in [5.41, 5.74) is 2.30. The molecule has 0 radical (unpaired) electrons. The second-order valence-electron chi connectivity index (χ2n) is 7.54. The van der Waals surface area contributed by atoms with Gasteiger partial charge < -0.3 is 19.7 Å². The van der Waals surface area contributed by atoms with Gasteiger partial charge in [0.15, 0.2) is 5.96 Å². The lowest BCUT2D eigenvalue weighted by atomic mass is 9.74. The summed E-state index contributed by atoms with van der Waals surface area (Å²) in [7, 11) is 3.72. The summed E-state index contributed by atoms with van der Waals surface area (Å²) in [6.45, 7) is 0.0359. The molecule has 0 aliphatic carbocycles. The summed E-state index contributed by atoms with van der Waals surface area (Å²) >= 11 is 0. The van der Waals surface area contributed by atoms with E-state index in [1.54, 1.807) is 31.3 Å². The Morgan fingerprint density at radius 2 is 1.80 bits per heavy atom. The monoisotopic (exact) mass is 417 g/mol. The summed E-state index contributed by atoms with van der Waals surface area (Å²) in [4.78, 5) is 6.44. The molecular formula is C23H29F2N3O2. The largest absolute Gasteiger partial charge is 0.435 e. The molecule has 1 heterocycles. The molecule has 0 atom stereocenters. The van der Waals surface area contributed by atoms with Crippen molar-refractivity contribution in [2.75, 3.05) is 33.9 Å². The lowest BCUT2D eigenvalue weighted by molar-refractivity contribution is -0.0498. The first-order valence-corrected chi connectivity index (χ1v) is 10.1. The van der Waals surface area contributed by atoms with Crippen molar-refractivity contribution in [3.05, 3.63) is 65.7 Å². The molecule has 1 aliphatic heterocycles. The standard InChI is InChI=1S/C23H29F2N3O2/c1-26-22(28(2)16-18-8-10-20(11-9-18)30-21(24)25)27-17-23(12-14-29-15-13-23)19-6-4-3-5-7-19/h3-11,21H,12-17H2,1-2H3,(H,26,27). The second-order valence-corrected chi connectivity index (χ2v) is 7.54. The van der Waals surface area contributed by atoms with E-state index in [-0.39, 0.29) is 11.2 Å². The average molecular weight is 418 g/mol. The topological polar surface area (TPSA) is 46.1 Å². The molecule has 1 N–H and O–H groups in total. The van der Waals surface area contributed by atoms with E-state index in [4.69, 9.17) is 4.74 Å². The van der Waals surface area contributed by atoms with Gasteiger partial charge in [0.1, 0.15) is 5.75 Å². The average Bonchev–Trinajstić information content (AvgIpc) is 2.76. The van der Waals surface area contributed by atoms with Gasteiger partial charge >= 0.3 is 6.61 Å². The fourth-order valence-electron chi connectivity index (χ4n) is 3.88. The second kappa shape index (κ2) is 10.4. The quantitative estimate of drug-likeness (QED) is 0.546. The molecule has 3 rings (SSSR count). The Morgan fingerprint density at radius 3 is 2.40 bits per heavy atom. The van der Waals surface area contributed by atoms with E-state index >= 15 is 0 Å². The van der Waals surface area contributed by atoms with Crippen LogP contribution in [0.2, 0.25) is 0 Å². The third-order valence-electron chi connectivity index (χ3n) is 5.56. The molecule has 5 nitrogen and oxygen atoms in total. The first-order chi connectivity index (χ1) is 14.5. The highest BCUT2D eigenvalue weighted by atomic mass is 19.3. The predicted molar refractivity (Wildman–Crippen MR) is 114 cm³/mol. The molecule has 0 unspecified atom stereocenters. The maximum absolute atomic E-state index is 12.3. The first kappa shape index (κ1) is 22.0. The number of rotatable bonds is 7. The molecule has 2 aromatic carbocycles. The van der Waals surface area contributed by atoms with Crippen LogP contribution >= 0.6 is 0 Å². The van der Waals surface area contributed by atoms with Crippen molar-refractivity contribution in [2.24, 2.45) is 4.99 Å². The fraction of sp³-hybridized carbons (Fsp3) is 0.435. The molecule has 1 fully saturated rings. The van der Waals surface area contributed by atoms with Crippen LogP contribution in [0.3, 0.4) is 0 Å². The maximum atomic E-state index is 12.3. The normalized spacial score (nSPS) is 16.4. The molecule has 162 valence electrons. The van der Waals surface area contributed by atoms with Gasteiger partial charge in [0.25, 0.3) is 0 Å². The van der Waals surface area contributed by atoms with Gasteiger partial charge in [-0.05, 0) is 36.1 Å². The van der Waals surface area contributed by atoms with Crippen molar-refractivity contribution in [1.29, 1.82) is 0 Å². The number of halogens is 2. The zero-order valence-corrected chi connectivity index (χ0v) is 17.5. The van der Waals surface area contributed by atoms with Gasteiger partial charge in [0.2, 0.25) is 0 Å². The Bertz CT molecular complexity index is 807. The van der Waals surface area contributed by atoms with Crippen molar-refractivity contribution in [1.82, 2.24) is 10.2 Å². The van der Waals surface area contributed by atoms with Crippen molar-refractivity contribution < 1.29 is 18.3 Å². The van der Waals surface area contributed by atoms with E-state index in [2.05, 4.69) is 39.3 Å². The molecule has 1 aliphatic rings. The lowest BCUT2D eigenvalue weighted by Gasteiger charge is -2.39. The van der Waals surface area contributed by atoms with Gasteiger partial charge in [-0.1, -0.05) is 42.5 Å². The van der Waals surface area contributed by atoms with Crippen molar-refractivity contribution in [3.8, 4) is 5.75 Å². The van der Waals surface area contributed by atoms with Crippen LogP contribution in [0.4, 0.5) is 8.78 Å². The van der Waals surface area contributed by atoms with Crippen LogP contribution in [-0.2, 0) is 16.7 Å². The van der Waals surface area contributed by atoms with Crippen LogP contribution in [0.25, 0.3) is 0 Å². The molecule has 30 heavy (non-hydrogen) atoms. The number of hydrogen-bond donors (Lipinski definition) is 1. The van der Waals surface area contributed by atoms with Crippen molar-refractivity contribution in [2.45, 2.75) is 31.4 Å². The summed E-state index contributed by atoms with van der Waals surface area (Å²) in [5.74, 6) is 0.938. The number of nitrogens with one attached hydrogen (secondary N) is 1. The van der Waals surface area contributed by atoms with Crippen LogP contribution in [-0.4, -0.2) is 51.3 Å². The smallest absolute Gasteiger partial charge is 0.387 e. The molecule has 0 amide bonds. The van der Waals surface area contributed by atoms with Gasteiger partial charge in [0.05, 0.1) is 0 Å². The molecule has 0 saturated carbocycles. The van der Waals surface area contributed by atoms with Crippen LogP contribution in [0.1, 0.15) is 24.0 Å². The highest BCUT2D eigenvalue weighted by molar-refractivity contribution is 5.79. The van der Waals surface area contributed by atoms with Crippen LogP contribution in [0, 0.1) is 0 Å². The number of alkyl halides is 2. The minimum atomic E-state index is -2.82. The number of aliphatic imine (C=N–C) groups is 1. The Balaban J connectivity index is 1.64. The molecule has 1 saturated heterocycles. The Hall–Kier alpha value is -2.67. The predicted octanol–water partition coefficient (Wildman–Crippen LogP) is 4.04. The first-order valence-electron chi connectivity index (χ1n) is 10.1. The Kier molecular flexibility index (Phi) is 7.63. The number of guanidine groups is 1. The molecule has 0 bridgehead atoms. The van der Waals surface area contributed by atoms with Crippen LogP contribution < -0.4 is 10.1 Å². The van der Waals surface area contributed by atoms with Crippen molar-refractivity contribution in [3.63, 3.8) is 0 Å². The van der Waals surface area contributed by atoms with Gasteiger partial charge in [-0.2, -0.15) is 8.78 Å². The highest BCUT2D eigenvalue weighted by Gasteiger charge is 2.34. The summed E-state index contributed by atoms with van der Waals surface area (Å²) < 4.78 is 34.6. The zero-order valence-electron chi connectivity index (χ0n) is 17.5. The Morgan fingerprint density at radius 1 is 1.13 bits per heavy atom. The van der Waals surface area contributed by atoms with Gasteiger partial charge in [-0.15, -0.1) is 0 Å². The number of hydrogen-bond acceptors (Lipinski definition) is 3. The fourth-order valence-corrected chi connectivity index (χ4v) is 3.88. The van der Waals surface area contributed by atoms with Crippen LogP contribution in [0.5, 0.6) is 5.75 Å². The lowest BCUT2D eigenvalue weighted by Crippen LogP contribution is -2.48. The zero-order chi connectivity index (χ0) is 21.4. The minimum Gasteiger partial charge on any atom is -0.435 e. The van der Waals surface area contributed by atoms with Gasteiger partial charge in [0, 0.05) is 45.8 Å². The minimum absolute atomic E-state index is 0.00451. The molecule has 7 heteroatoms. The molecule has 2 aromatic rings. The van der Waals surface area contributed by atoms with Crippen LogP contribution in [0.15, 0.2) is 59.6 Å². The summed E-state index contributed by atoms with van der Waals surface area (Å²) in [6, 6.07) is 17.2. The molecular weight excluding hydrogens is 388 g/mol. The molecule has 0 spiro atoms. The Labute approximate surface area is 176 Å². The SMILES string of the molecule is CN=C(NCC1(c2ccccc2)CCOCC1)N(C)Cc1ccc(OC(F)F)cc1. The maximum Gasteiger partial charge on any atom is 0.387 e. The van der Waals surface area contributed by atoms with E-state index in [1.807, 2.05) is 18.0 Å². The van der Waals surface area contributed by atoms with E-state index in [0.717, 1.165) is 44.1 Å². The van der Waals surface area contributed by atoms with E-state index in [0.29, 0.717) is 6.54 Å². The third kappa shape index (κ3) is 5.69. The molecule has 0 aromatic heterocycles. The van der Waals surface area contributed by atoms with E-state index in [1.165, 1.54) is 5.56 Å². The summed E-state index contributed by atoms with van der Waals surface area (Å²) in [5, 5.41) is 3.53. The van der Waals surface area contributed by atoms with Gasteiger partial charge in [-0.3, -0.25) is 4.99 Å². The van der Waals surface area contributed by atoms with E-state index < -0.39 is 6.61 Å².